The van der Waals surface area contributed by atoms with Crippen molar-refractivity contribution in [3.8, 4) is 0 Å². The van der Waals surface area contributed by atoms with Crippen molar-refractivity contribution in [2.24, 2.45) is 0 Å². The third-order valence-electron chi connectivity index (χ3n) is 4.45. The van der Waals surface area contributed by atoms with Crippen LogP contribution in [0.2, 0.25) is 0 Å². The zero-order chi connectivity index (χ0) is 14.8. The molecule has 0 saturated carbocycles. The molecule has 1 fully saturated rings. The van der Waals surface area contributed by atoms with Crippen molar-refractivity contribution >= 4 is 5.78 Å². The maximum Gasteiger partial charge on any atom is 0.193 e. The molecule has 21 heavy (non-hydrogen) atoms. The SMILES string of the molecule is Cc1cccc(C(=O)c2ccccc2CN2CCC2)c1C. The van der Waals surface area contributed by atoms with E-state index >= 15 is 0 Å². The van der Waals surface area contributed by atoms with E-state index in [1.807, 2.05) is 37.3 Å². The highest BCUT2D eigenvalue weighted by atomic mass is 16.1. The van der Waals surface area contributed by atoms with E-state index in [1.54, 1.807) is 0 Å². The van der Waals surface area contributed by atoms with Crippen molar-refractivity contribution in [3.63, 3.8) is 0 Å². The van der Waals surface area contributed by atoms with Gasteiger partial charge in [0.25, 0.3) is 0 Å². The zero-order valence-electron chi connectivity index (χ0n) is 12.7. The number of hydrogen-bond acceptors (Lipinski definition) is 2. The molecule has 0 bridgehead atoms. The van der Waals surface area contributed by atoms with E-state index in [0.717, 1.165) is 41.9 Å². The minimum atomic E-state index is 0.146. The summed E-state index contributed by atoms with van der Waals surface area (Å²) >= 11 is 0. The standard InChI is InChI=1S/C19H21NO/c1-14-7-5-10-17(15(14)2)19(21)18-9-4-3-8-16(18)13-20-11-6-12-20/h3-5,7-10H,6,11-13H2,1-2H3. The summed E-state index contributed by atoms with van der Waals surface area (Å²) in [6.07, 6.45) is 1.27. The number of ketones is 1. The number of benzene rings is 2. The lowest BCUT2D eigenvalue weighted by Crippen LogP contribution is -2.36. The molecule has 108 valence electrons. The Morgan fingerprint density at radius 3 is 2.43 bits per heavy atom. The quantitative estimate of drug-likeness (QED) is 0.795. The Morgan fingerprint density at radius 2 is 1.71 bits per heavy atom. The van der Waals surface area contributed by atoms with Gasteiger partial charge in [-0.25, -0.2) is 0 Å². The third kappa shape index (κ3) is 2.77. The number of hydrogen-bond donors (Lipinski definition) is 0. The van der Waals surface area contributed by atoms with E-state index in [1.165, 1.54) is 12.0 Å². The fourth-order valence-corrected chi connectivity index (χ4v) is 2.80. The second kappa shape index (κ2) is 5.82. The molecule has 2 aromatic carbocycles. The second-order valence-corrected chi connectivity index (χ2v) is 5.86. The molecule has 1 aliphatic rings. The highest BCUT2D eigenvalue weighted by Crippen LogP contribution is 2.21. The van der Waals surface area contributed by atoms with Crippen LogP contribution in [0.5, 0.6) is 0 Å². The molecule has 3 rings (SSSR count). The second-order valence-electron chi connectivity index (χ2n) is 5.86. The number of aryl methyl sites for hydroxylation is 1. The van der Waals surface area contributed by atoms with Crippen LogP contribution in [0, 0.1) is 13.8 Å². The van der Waals surface area contributed by atoms with Gasteiger partial charge >= 0.3 is 0 Å². The molecule has 2 nitrogen and oxygen atoms in total. The molecule has 0 N–H and O–H groups in total. The minimum Gasteiger partial charge on any atom is -0.299 e. The van der Waals surface area contributed by atoms with E-state index in [-0.39, 0.29) is 5.78 Å². The molecule has 1 aliphatic heterocycles. The maximum absolute atomic E-state index is 12.9. The van der Waals surface area contributed by atoms with Gasteiger partial charge in [0.15, 0.2) is 5.78 Å². The topological polar surface area (TPSA) is 20.3 Å². The van der Waals surface area contributed by atoms with Crippen LogP contribution in [-0.4, -0.2) is 23.8 Å². The zero-order valence-corrected chi connectivity index (χ0v) is 12.7. The Labute approximate surface area is 126 Å². The van der Waals surface area contributed by atoms with Gasteiger partial charge < -0.3 is 0 Å². The summed E-state index contributed by atoms with van der Waals surface area (Å²) in [6.45, 7) is 7.25. The molecule has 0 aliphatic carbocycles. The van der Waals surface area contributed by atoms with Crippen LogP contribution < -0.4 is 0 Å². The first kappa shape index (κ1) is 14.0. The largest absolute Gasteiger partial charge is 0.299 e. The smallest absolute Gasteiger partial charge is 0.193 e. The molecular weight excluding hydrogens is 258 g/mol. The molecule has 0 spiro atoms. The van der Waals surface area contributed by atoms with Crippen LogP contribution in [0.15, 0.2) is 42.5 Å². The lowest BCUT2D eigenvalue weighted by atomic mass is 9.93. The predicted octanol–water partition coefficient (Wildman–Crippen LogP) is 3.74. The van der Waals surface area contributed by atoms with Gasteiger partial charge in [-0.05, 0) is 50.0 Å². The summed E-state index contributed by atoms with van der Waals surface area (Å²) < 4.78 is 0. The van der Waals surface area contributed by atoms with Crippen LogP contribution in [0.4, 0.5) is 0 Å². The minimum absolute atomic E-state index is 0.146. The fourth-order valence-electron chi connectivity index (χ4n) is 2.80. The molecule has 1 saturated heterocycles. The lowest BCUT2D eigenvalue weighted by molar-refractivity contribution is 0.103. The van der Waals surface area contributed by atoms with Crippen LogP contribution in [0.1, 0.15) is 39.0 Å². The summed E-state index contributed by atoms with van der Waals surface area (Å²) in [6, 6.07) is 14.0. The Morgan fingerprint density at radius 1 is 1.00 bits per heavy atom. The third-order valence-corrected chi connectivity index (χ3v) is 4.45. The molecule has 1 heterocycles. The first-order valence-corrected chi connectivity index (χ1v) is 7.58. The first-order chi connectivity index (χ1) is 10.2. The number of nitrogens with zero attached hydrogens (tertiary/aromatic N) is 1. The van der Waals surface area contributed by atoms with Crippen LogP contribution in [0.3, 0.4) is 0 Å². The van der Waals surface area contributed by atoms with Crippen molar-refractivity contribution in [3.05, 3.63) is 70.3 Å². The average molecular weight is 279 g/mol. The van der Waals surface area contributed by atoms with Crippen molar-refractivity contribution in [1.82, 2.24) is 4.90 Å². The maximum atomic E-state index is 12.9. The molecule has 0 radical (unpaired) electrons. The molecule has 0 aromatic heterocycles. The fraction of sp³-hybridized carbons (Fsp3) is 0.316. The Hall–Kier alpha value is -1.93. The van der Waals surface area contributed by atoms with Gasteiger partial charge in [0, 0.05) is 17.7 Å². The number of likely N-dealkylation sites (tertiary alicyclic amines) is 1. The van der Waals surface area contributed by atoms with Crippen LogP contribution in [-0.2, 0) is 6.54 Å². The van der Waals surface area contributed by atoms with Gasteiger partial charge in [-0.2, -0.15) is 0 Å². The summed E-state index contributed by atoms with van der Waals surface area (Å²) in [5.74, 6) is 0.146. The first-order valence-electron chi connectivity index (χ1n) is 7.58. The molecule has 0 atom stereocenters. The summed E-state index contributed by atoms with van der Waals surface area (Å²) in [5, 5.41) is 0. The van der Waals surface area contributed by atoms with Gasteiger partial charge in [0.1, 0.15) is 0 Å². The number of rotatable bonds is 4. The highest BCUT2D eigenvalue weighted by Gasteiger charge is 2.19. The Bertz CT molecular complexity index is 671. The number of carbonyl (C=O) groups is 1. The molecule has 2 heteroatoms. The molecule has 2 aromatic rings. The van der Waals surface area contributed by atoms with Gasteiger partial charge in [0.05, 0.1) is 0 Å². The van der Waals surface area contributed by atoms with Gasteiger partial charge in [-0.1, -0.05) is 42.5 Å². The Balaban J connectivity index is 1.95. The normalized spacial score (nSPS) is 14.8. The lowest BCUT2D eigenvalue weighted by Gasteiger charge is -2.31. The predicted molar refractivity (Wildman–Crippen MR) is 85.7 cm³/mol. The molecule has 0 amide bonds. The van der Waals surface area contributed by atoms with Crippen molar-refractivity contribution in [2.75, 3.05) is 13.1 Å². The summed E-state index contributed by atoms with van der Waals surface area (Å²) in [7, 11) is 0. The number of carbonyl (C=O) groups excluding carboxylic acids is 1. The van der Waals surface area contributed by atoms with Gasteiger partial charge in [0.2, 0.25) is 0 Å². The summed E-state index contributed by atoms with van der Waals surface area (Å²) in [4.78, 5) is 15.3. The van der Waals surface area contributed by atoms with E-state index in [0.29, 0.717) is 0 Å². The van der Waals surface area contributed by atoms with Crippen molar-refractivity contribution in [1.29, 1.82) is 0 Å². The molecular formula is C19H21NO. The van der Waals surface area contributed by atoms with Crippen molar-refractivity contribution < 1.29 is 4.79 Å². The highest BCUT2D eigenvalue weighted by molar-refractivity contribution is 6.10. The van der Waals surface area contributed by atoms with E-state index in [2.05, 4.69) is 24.0 Å². The summed E-state index contributed by atoms with van der Waals surface area (Å²) in [5.41, 5.74) is 5.06. The van der Waals surface area contributed by atoms with Crippen molar-refractivity contribution in [2.45, 2.75) is 26.8 Å². The monoisotopic (exact) mass is 279 g/mol. The Kier molecular flexibility index (Phi) is 3.89. The van der Waals surface area contributed by atoms with E-state index in [4.69, 9.17) is 0 Å². The van der Waals surface area contributed by atoms with Crippen LogP contribution in [0.25, 0.3) is 0 Å². The van der Waals surface area contributed by atoms with E-state index < -0.39 is 0 Å². The van der Waals surface area contributed by atoms with Gasteiger partial charge in [-0.3, -0.25) is 9.69 Å². The van der Waals surface area contributed by atoms with Gasteiger partial charge in [-0.15, -0.1) is 0 Å². The van der Waals surface area contributed by atoms with E-state index in [9.17, 15) is 4.79 Å². The van der Waals surface area contributed by atoms with Crippen LogP contribution >= 0.6 is 0 Å². The average Bonchev–Trinajstić information content (AvgIpc) is 2.45. The molecule has 0 unspecified atom stereocenters.